The van der Waals surface area contributed by atoms with Gasteiger partial charge < -0.3 is 10.1 Å². The molecule has 29 heavy (non-hydrogen) atoms. The Morgan fingerprint density at radius 3 is 2.69 bits per heavy atom. The van der Waals surface area contributed by atoms with Crippen LogP contribution in [0.5, 0.6) is 0 Å². The van der Waals surface area contributed by atoms with E-state index in [0.29, 0.717) is 37.8 Å². The van der Waals surface area contributed by atoms with Crippen molar-refractivity contribution in [1.29, 1.82) is 5.26 Å². The molecule has 8 nitrogen and oxygen atoms in total. The predicted octanol–water partition coefficient (Wildman–Crippen LogP) is 2.98. The van der Waals surface area contributed by atoms with Gasteiger partial charge in [0.25, 0.3) is 0 Å². The number of esters is 1. The van der Waals surface area contributed by atoms with Gasteiger partial charge in [-0.15, -0.1) is 0 Å². The van der Waals surface area contributed by atoms with Crippen LogP contribution in [-0.2, 0) is 20.7 Å². The van der Waals surface area contributed by atoms with Crippen molar-refractivity contribution in [3.63, 3.8) is 0 Å². The smallest absolute Gasteiger partial charge is 0.310 e. The van der Waals surface area contributed by atoms with Crippen LogP contribution in [0, 0.1) is 16.7 Å². The third-order valence-electron chi connectivity index (χ3n) is 5.02. The van der Waals surface area contributed by atoms with Crippen LogP contribution in [0.2, 0.25) is 0 Å². The molecule has 1 aromatic heterocycles. The molecule has 1 aliphatic heterocycles. The van der Waals surface area contributed by atoms with Gasteiger partial charge in [-0.2, -0.15) is 10.2 Å². The van der Waals surface area contributed by atoms with Gasteiger partial charge in [0, 0.05) is 18.4 Å². The van der Waals surface area contributed by atoms with Crippen molar-refractivity contribution in [1.82, 2.24) is 9.97 Å². The third-order valence-corrected chi connectivity index (χ3v) is 5.02. The Kier molecular flexibility index (Phi) is 6.07. The number of nitrogens with one attached hydrogen (secondary N) is 1. The molecule has 0 bridgehead atoms. The maximum atomic E-state index is 12.7. The van der Waals surface area contributed by atoms with Crippen LogP contribution in [-0.4, -0.2) is 35.0 Å². The van der Waals surface area contributed by atoms with Crippen LogP contribution in [0.3, 0.4) is 0 Å². The van der Waals surface area contributed by atoms with Crippen molar-refractivity contribution in [3.8, 4) is 6.07 Å². The number of rotatable bonds is 7. The molecule has 2 aromatic rings. The molecule has 0 aliphatic carbocycles. The summed E-state index contributed by atoms with van der Waals surface area (Å²) in [5.41, 5.74) is 0.633. The van der Waals surface area contributed by atoms with Gasteiger partial charge in [0.05, 0.1) is 19.1 Å². The van der Waals surface area contributed by atoms with E-state index in [1.165, 1.54) is 0 Å². The van der Waals surface area contributed by atoms with Crippen LogP contribution in [0.15, 0.2) is 36.5 Å². The van der Waals surface area contributed by atoms with Crippen molar-refractivity contribution < 1.29 is 14.3 Å². The number of hydrogen-bond donors (Lipinski definition) is 1. The molecule has 0 saturated carbocycles. The highest BCUT2D eigenvalue weighted by Crippen LogP contribution is 2.36. The van der Waals surface area contributed by atoms with E-state index in [1.54, 1.807) is 24.1 Å². The molecular formula is C21H23N5O3. The molecule has 1 saturated heterocycles. The van der Waals surface area contributed by atoms with Gasteiger partial charge in [-0.1, -0.05) is 19.1 Å². The minimum atomic E-state index is -0.965. The molecule has 1 unspecified atom stereocenters. The molecule has 1 atom stereocenters. The molecule has 0 spiro atoms. The van der Waals surface area contributed by atoms with E-state index >= 15 is 0 Å². The molecule has 1 N–H and O–H groups in total. The van der Waals surface area contributed by atoms with Gasteiger partial charge >= 0.3 is 5.97 Å². The third kappa shape index (κ3) is 4.35. The van der Waals surface area contributed by atoms with Crippen LogP contribution >= 0.6 is 0 Å². The Labute approximate surface area is 169 Å². The zero-order valence-corrected chi connectivity index (χ0v) is 16.5. The lowest BCUT2D eigenvalue weighted by Crippen LogP contribution is -2.33. The number of aromatic nitrogens is 2. The molecule has 0 radical (unpaired) electrons. The molecule has 3 rings (SSSR count). The largest absolute Gasteiger partial charge is 0.466 e. The van der Waals surface area contributed by atoms with Crippen molar-refractivity contribution in [2.75, 3.05) is 23.4 Å². The molecule has 1 fully saturated rings. The molecular weight excluding hydrogens is 370 g/mol. The number of hydrogen-bond acceptors (Lipinski definition) is 7. The monoisotopic (exact) mass is 393 g/mol. The van der Waals surface area contributed by atoms with E-state index in [9.17, 15) is 14.9 Å². The number of amides is 1. The Morgan fingerprint density at radius 1 is 1.31 bits per heavy atom. The lowest BCUT2D eigenvalue weighted by Gasteiger charge is -2.19. The summed E-state index contributed by atoms with van der Waals surface area (Å²) in [6, 6.07) is 11.1. The lowest BCUT2D eigenvalue weighted by atomic mass is 9.85. The van der Waals surface area contributed by atoms with Crippen LogP contribution in [0.25, 0.3) is 0 Å². The van der Waals surface area contributed by atoms with Crippen molar-refractivity contribution in [3.05, 3.63) is 42.1 Å². The number of anilines is 3. The van der Waals surface area contributed by atoms with E-state index in [4.69, 9.17) is 4.74 Å². The number of ether oxygens (including phenoxy) is 1. The maximum Gasteiger partial charge on any atom is 0.310 e. The highest BCUT2D eigenvalue weighted by molar-refractivity contribution is 6.01. The second-order valence-corrected chi connectivity index (χ2v) is 6.80. The number of nitrogens with zero attached hydrogens (tertiary/aromatic N) is 4. The standard InChI is InChI=1S/C21H23N5O3/c1-3-21(14-22)10-12-26(19(21)28)17-9-11-23-20(25-17)24-16-7-5-15(6-8-16)13-18(27)29-4-2/h5-9,11H,3-4,10,12-13H2,1-2H3,(H,23,24,25). The summed E-state index contributed by atoms with van der Waals surface area (Å²) < 4.78 is 4.95. The first-order chi connectivity index (χ1) is 14.0. The Hall–Kier alpha value is -3.47. The van der Waals surface area contributed by atoms with Crippen LogP contribution in [0.1, 0.15) is 32.3 Å². The maximum absolute atomic E-state index is 12.7. The quantitative estimate of drug-likeness (QED) is 0.720. The number of benzene rings is 1. The Morgan fingerprint density at radius 2 is 2.07 bits per heavy atom. The van der Waals surface area contributed by atoms with E-state index in [-0.39, 0.29) is 18.3 Å². The zero-order valence-electron chi connectivity index (χ0n) is 16.5. The first kappa shape index (κ1) is 20.3. The summed E-state index contributed by atoms with van der Waals surface area (Å²) in [6.07, 6.45) is 2.77. The molecule has 2 heterocycles. The number of carbonyl (C=O) groups excluding carboxylic acids is 2. The van der Waals surface area contributed by atoms with Crippen LogP contribution < -0.4 is 10.2 Å². The van der Waals surface area contributed by atoms with E-state index in [2.05, 4.69) is 21.4 Å². The summed E-state index contributed by atoms with van der Waals surface area (Å²) in [6.45, 7) is 4.44. The Balaban J connectivity index is 1.70. The first-order valence-corrected chi connectivity index (χ1v) is 9.59. The highest BCUT2D eigenvalue weighted by Gasteiger charge is 2.46. The van der Waals surface area contributed by atoms with Gasteiger partial charge in [-0.25, -0.2) is 4.98 Å². The van der Waals surface area contributed by atoms with Crippen molar-refractivity contribution >= 4 is 29.3 Å². The summed E-state index contributed by atoms with van der Waals surface area (Å²) >= 11 is 0. The van der Waals surface area contributed by atoms with E-state index in [1.807, 2.05) is 31.2 Å². The Bertz CT molecular complexity index is 938. The fraction of sp³-hybridized carbons (Fsp3) is 0.381. The molecule has 1 aromatic carbocycles. The lowest BCUT2D eigenvalue weighted by molar-refractivity contribution is -0.142. The summed E-state index contributed by atoms with van der Waals surface area (Å²) in [5, 5.41) is 12.5. The molecule has 150 valence electrons. The molecule has 1 aliphatic rings. The van der Waals surface area contributed by atoms with Crippen LogP contribution in [0.4, 0.5) is 17.5 Å². The van der Waals surface area contributed by atoms with Gasteiger partial charge in [-0.05, 0) is 43.5 Å². The van der Waals surface area contributed by atoms with Gasteiger partial charge in [0.15, 0.2) is 0 Å². The van der Waals surface area contributed by atoms with Gasteiger partial charge in [0.1, 0.15) is 11.2 Å². The summed E-state index contributed by atoms with van der Waals surface area (Å²) in [5.74, 6) is 0.340. The van der Waals surface area contributed by atoms with Gasteiger partial charge in [-0.3, -0.25) is 14.5 Å². The first-order valence-electron chi connectivity index (χ1n) is 9.59. The summed E-state index contributed by atoms with van der Waals surface area (Å²) in [7, 11) is 0. The topological polar surface area (TPSA) is 108 Å². The zero-order chi connectivity index (χ0) is 20.9. The SMILES string of the molecule is CCOC(=O)Cc1ccc(Nc2nccc(N3CCC(C#N)(CC)C3=O)n2)cc1. The van der Waals surface area contributed by atoms with Crippen molar-refractivity contribution in [2.45, 2.75) is 33.1 Å². The normalized spacial score (nSPS) is 18.4. The predicted molar refractivity (Wildman–Crippen MR) is 107 cm³/mol. The minimum Gasteiger partial charge on any atom is -0.466 e. The average molecular weight is 393 g/mol. The molecule has 8 heteroatoms. The van der Waals surface area contributed by atoms with Crippen molar-refractivity contribution in [2.24, 2.45) is 5.41 Å². The fourth-order valence-corrected chi connectivity index (χ4v) is 3.27. The average Bonchev–Trinajstić information content (AvgIpc) is 3.06. The van der Waals surface area contributed by atoms with E-state index < -0.39 is 5.41 Å². The fourth-order valence-electron chi connectivity index (χ4n) is 3.27. The summed E-state index contributed by atoms with van der Waals surface area (Å²) in [4.78, 5) is 34.5. The molecule has 1 amide bonds. The van der Waals surface area contributed by atoms with E-state index in [0.717, 1.165) is 11.3 Å². The number of nitriles is 1. The second kappa shape index (κ2) is 8.69. The minimum absolute atomic E-state index is 0.213. The second-order valence-electron chi connectivity index (χ2n) is 6.80. The van der Waals surface area contributed by atoms with Gasteiger partial charge in [0.2, 0.25) is 11.9 Å². The number of carbonyl (C=O) groups is 2. The highest BCUT2D eigenvalue weighted by atomic mass is 16.5.